The molecule has 0 amide bonds. The molecule has 0 radical (unpaired) electrons. The van der Waals surface area contributed by atoms with Crippen molar-refractivity contribution in [1.29, 1.82) is 0 Å². The highest BCUT2D eigenvalue weighted by Gasteiger charge is 2.25. The van der Waals surface area contributed by atoms with Gasteiger partial charge in [-0.3, -0.25) is 4.99 Å². The van der Waals surface area contributed by atoms with Crippen molar-refractivity contribution >= 4 is 47.0 Å². The molecule has 2 unspecified atom stereocenters. The van der Waals surface area contributed by atoms with E-state index in [4.69, 9.17) is 4.74 Å². The average molecular weight is 500 g/mol. The fourth-order valence-electron chi connectivity index (χ4n) is 3.30. The lowest BCUT2D eigenvalue weighted by Gasteiger charge is -2.22. The molecule has 0 saturated carbocycles. The topological polar surface area (TPSA) is 48.9 Å². The number of para-hydroxylation sites is 2. The predicted octanol–water partition coefficient (Wildman–Crippen LogP) is 3.92. The fraction of sp³-hybridized carbons (Fsp3) is 0.450. The zero-order valence-electron chi connectivity index (χ0n) is 16.1. The van der Waals surface area contributed by atoms with Crippen LogP contribution >= 0.6 is 35.3 Å². The van der Waals surface area contributed by atoms with Gasteiger partial charge in [0.25, 0.3) is 0 Å². The Kier molecular flexibility index (Phi) is 8.69. The Labute approximate surface area is 183 Å². The van der Waals surface area contributed by atoms with Crippen LogP contribution in [0.4, 0.5) is 5.69 Å². The van der Waals surface area contributed by atoms with Gasteiger partial charge in [0.2, 0.25) is 0 Å². The van der Waals surface area contributed by atoms with Crippen LogP contribution in [0.15, 0.2) is 46.1 Å². The Morgan fingerprint density at radius 1 is 1.37 bits per heavy atom. The summed E-state index contributed by atoms with van der Waals surface area (Å²) in [6.07, 6.45) is 1.08. The molecule has 2 heterocycles. The van der Waals surface area contributed by atoms with Crippen molar-refractivity contribution in [2.75, 3.05) is 38.7 Å². The number of halogens is 1. The third-order valence-corrected chi connectivity index (χ3v) is 5.57. The summed E-state index contributed by atoms with van der Waals surface area (Å²) in [6.45, 7) is 5.07. The molecular weight excluding hydrogens is 471 g/mol. The molecule has 3 rings (SSSR count). The molecule has 0 aliphatic carbocycles. The first-order valence-corrected chi connectivity index (χ1v) is 10.0. The molecule has 2 N–H and O–H groups in total. The van der Waals surface area contributed by atoms with Gasteiger partial charge >= 0.3 is 0 Å². The molecule has 5 nitrogen and oxygen atoms in total. The van der Waals surface area contributed by atoms with Crippen LogP contribution in [0.2, 0.25) is 0 Å². The molecule has 2 aromatic rings. The van der Waals surface area contributed by atoms with Crippen molar-refractivity contribution in [2.45, 2.75) is 25.3 Å². The van der Waals surface area contributed by atoms with E-state index in [1.165, 1.54) is 5.56 Å². The molecule has 1 aliphatic heterocycles. The number of anilines is 1. The maximum atomic E-state index is 5.50. The highest BCUT2D eigenvalue weighted by Crippen LogP contribution is 2.30. The van der Waals surface area contributed by atoms with Crippen LogP contribution < -0.4 is 20.3 Å². The smallest absolute Gasteiger partial charge is 0.191 e. The van der Waals surface area contributed by atoms with Crippen molar-refractivity contribution in [3.05, 3.63) is 46.7 Å². The van der Waals surface area contributed by atoms with Crippen molar-refractivity contribution in [2.24, 2.45) is 4.99 Å². The number of hydrogen-bond donors (Lipinski definition) is 2. The second-order valence-electron chi connectivity index (χ2n) is 6.66. The van der Waals surface area contributed by atoms with Crippen LogP contribution in [0.1, 0.15) is 24.8 Å². The molecule has 0 bridgehead atoms. The quantitative estimate of drug-likeness (QED) is 0.359. The Morgan fingerprint density at radius 3 is 2.89 bits per heavy atom. The van der Waals surface area contributed by atoms with Gasteiger partial charge < -0.3 is 20.3 Å². The summed E-state index contributed by atoms with van der Waals surface area (Å²) in [5.41, 5.74) is 2.54. The van der Waals surface area contributed by atoms with E-state index in [1.54, 1.807) is 18.4 Å². The van der Waals surface area contributed by atoms with E-state index < -0.39 is 0 Å². The van der Waals surface area contributed by atoms with E-state index >= 15 is 0 Å². The fourth-order valence-corrected chi connectivity index (χ4v) is 4.08. The van der Waals surface area contributed by atoms with Gasteiger partial charge in [-0.15, -0.1) is 24.0 Å². The maximum absolute atomic E-state index is 5.50. The van der Waals surface area contributed by atoms with Gasteiger partial charge in [0, 0.05) is 32.7 Å². The minimum atomic E-state index is 0. The Hall–Kier alpha value is -1.48. The second kappa shape index (κ2) is 10.8. The van der Waals surface area contributed by atoms with Crippen LogP contribution in [0.5, 0.6) is 5.75 Å². The van der Waals surface area contributed by atoms with Gasteiger partial charge in [-0.1, -0.05) is 19.1 Å². The number of hydrogen-bond acceptors (Lipinski definition) is 4. The van der Waals surface area contributed by atoms with Crippen LogP contribution in [0.3, 0.4) is 0 Å². The Bertz CT molecular complexity index is 723. The van der Waals surface area contributed by atoms with Gasteiger partial charge in [0.1, 0.15) is 5.75 Å². The molecule has 2 atom stereocenters. The molecule has 148 valence electrons. The third kappa shape index (κ3) is 5.75. The molecule has 1 saturated heterocycles. The molecule has 0 spiro atoms. The van der Waals surface area contributed by atoms with E-state index in [1.807, 2.05) is 19.2 Å². The van der Waals surface area contributed by atoms with Gasteiger partial charge in [0.15, 0.2) is 5.96 Å². The largest absolute Gasteiger partial charge is 0.495 e. The first-order valence-electron chi connectivity index (χ1n) is 9.08. The van der Waals surface area contributed by atoms with Crippen molar-refractivity contribution in [3.63, 3.8) is 0 Å². The van der Waals surface area contributed by atoms with Gasteiger partial charge in [-0.05, 0) is 46.9 Å². The normalized spacial score (nSPS) is 18.0. The molecule has 1 aromatic heterocycles. The number of rotatable bonds is 6. The molecule has 1 aliphatic rings. The van der Waals surface area contributed by atoms with E-state index in [-0.39, 0.29) is 24.0 Å². The summed E-state index contributed by atoms with van der Waals surface area (Å²) in [7, 11) is 3.56. The first kappa shape index (κ1) is 21.8. The zero-order valence-corrected chi connectivity index (χ0v) is 19.3. The summed E-state index contributed by atoms with van der Waals surface area (Å²) in [5, 5.41) is 11.4. The van der Waals surface area contributed by atoms with Crippen LogP contribution in [-0.4, -0.2) is 45.8 Å². The standard InChI is InChI=1S/C20H28N4OS.HI/c1-15(16-9-11-26-14-16)12-22-20(21-2)23-17-8-10-24(13-17)18-6-4-5-7-19(18)25-3;/h4-7,9,11,14-15,17H,8,10,12-13H2,1-3H3,(H2,21,22,23);1H. The number of methoxy groups -OCH3 is 1. The first-order chi connectivity index (χ1) is 12.7. The van der Waals surface area contributed by atoms with Crippen LogP contribution in [-0.2, 0) is 0 Å². The average Bonchev–Trinajstić information content (AvgIpc) is 3.36. The number of benzene rings is 1. The van der Waals surface area contributed by atoms with E-state index in [9.17, 15) is 0 Å². The van der Waals surface area contributed by atoms with Crippen molar-refractivity contribution in [1.82, 2.24) is 10.6 Å². The van der Waals surface area contributed by atoms with Crippen LogP contribution in [0, 0.1) is 0 Å². The Balaban J connectivity index is 0.00000261. The number of aliphatic imine (C=N–C) groups is 1. The number of nitrogens with one attached hydrogen (secondary N) is 2. The monoisotopic (exact) mass is 500 g/mol. The summed E-state index contributed by atoms with van der Waals surface area (Å²) in [5.74, 6) is 2.27. The van der Waals surface area contributed by atoms with E-state index in [0.29, 0.717) is 12.0 Å². The highest BCUT2D eigenvalue weighted by molar-refractivity contribution is 14.0. The lowest BCUT2D eigenvalue weighted by Crippen LogP contribution is -2.45. The number of thiophene rings is 1. The SMILES string of the molecule is CN=C(NCC(C)c1ccsc1)NC1CCN(c2ccccc2OC)C1.I. The lowest BCUT2D eigenvalue weighted by molar-refractivity contribution is 0.415. The number of ether oxygens (including phenoxy) is 1. The molecule has 7 heteroatoms. The summed E-state index contributed by atoms with van der Waals surface area (Å²) in [6, 6.07) is 10.8. The lowest BCUT2D eigenvalue weighted by atomic mass is 10.1. The summed E-state index contributed by atoms with van der Waals surface area (Å²) >= 11 is 1.75. The van der Waals surface area contributed by atoms with E-state index in [0.717, 1.165) is 43.5 Å². The number of guanidine groups is 1. The predicted molar refractivity (Wildman–Crippen MR) is 126 cm³/mol. The van der Waals surface area contributed by atoms with Crippen LogP contribution in [0.25, 0.3) is 0 Å². The number of nitrogens with zero attached hydrogens (tertiary/aromatic N) is 2. The Morgan fingerprint density at radius 2 is 2.19 bits per heavy atom. The minimum absolute atomic E-state index is 0. The zero-order chi connectivity index (χ0) is 18.4. The molecule has 1 aromatic carbocycles. The second-order valence-corrected chi connectivity index (χ2v) is 7.44. The molecule has 27 heavy (non-hydrogen) atoms. The van der Waals surface area contributed by atoms with E-state index in [2.05, 4.69) is 56.4 Å². The highest BCUT2D eigenvalue weighted by atomic mass is 127. The molecule has 1 fully saturated rings. The minimum Gasteiger partial charge on any atom is -0.495 e. The maximum Gasteiger partial charge on any atom is 0.191 e. The third-order valence-electron chi connectivity index (χ3n) is 4.87. The van der Waals surface area contributed by atoms with Crippen molar-refractivity contribution in [3.8, 4) is 5.75 Å². The molecular formula is C20H29IN4OS. The van der Waals surface area contributed by atoms with Crippen molar-refractivity contribution < 1.29 is 4.74 Å². The van der Waals surface area contributed by atoms with Gasteiger partial charge in [0.05, 0.1) is 12.8 Å². The summed E-state index contributed by atoms with van der Waals surface area (Å²) < 4.78 is 5.50. The van der Waals surface area contributed by atoms with Gasteiger partial charge in [-0.25, -0.2) is 0 Å². The summed E-state index contributed by atoms with van der Waals surface area (Å²) in [4.78, 5) is 6.76. The van der Waals surface area contributed by atoms with Gasteiger partial charge in [-0.2, -0.15) is 11.3 Å².